The van der Waals surface area contributed by atoms with E-state index >= 15 is 0 Å². The van der Waals surface area contributed by atoms with Gasteiger partial charge in [-0.2, -0.15) is 0 Å². The molecule has 0 saturated carbocycles. The SMILES string of the molecule is CC(C(=O)OCCCC1CCCO1)c1cccc(N)c1. The van der Waals surface area contributed by atoms with Gasteiger partial charge in [-0.15, -0.1) is 0 Å². The molecular weight excluding hydrogens is 254 g/mol. The minimum atomic E-state index is -0.277. The van der Waals surface area contributed by atoms with Crippen molar-refractivity contribution < 1.29 is 14.3 Å². The van der Waals surface area contributed by atoms with E-state index in [0.29, 0.717) is 18.4 Å². The molecule has 2 atom stereocenters. The van der Waals surface area contributed by atoms with Gasteiger partial charge in [0.05, 0.1) is 18.6 Å². The Balaban J connectivity index is 1.71. The average Bonchev–Trinajstić information content (AvgIpc) is 2.95. The molecular formula is C16H23NO3. The van der Waals surface area contributed by atoms with Crippen LogP contribution in [0.5, 0.6) is 0 Å². The smallest absolute Gasteiger partial charge is 0.313 e. The van der Waals surface area contributed by atoms with E-state index < -0.39 is 0 Å². The van der Waals surface area contributed by atoms with Gasteiger partial charge in [0.1, 0.15) is 0 Å². The Hall–Kier alpha value is -1.55. The Morgan fingerprint density at radius 1 is 1.55 bits per heavy atom. The van der Waals surface area contributed by atoms with E-state index in [1.54, 1.807) is 0 Å². The lowest BCUT2D eigenvalue weighted by Crippen LogP contribution is -2.15. The van der Waals surface area contributed by atoms with Crippen LogP contribution in [0.3, 0.4) is 0 Å². The van der Waals surface area contributed by atoms with Gasteiger partial charge in [0.15, 0.2) is 0 Å². The first-order valence-corrected chi connectivity index (χ1v) is 7.30. The van der Waals surface area contributed by atoms with Gasteiger partial charge in [0.2, 0.25) is 0 Å². The zero-order valence-electron chi connectivity index (χ0n) is 12.0. The van der Waals surface area contributed by atoms with Crippen LogP contribution in [0.2, 0.25) is 0 Å². The number of esters is 1. The Labute approximate surface area is 120 Å². The maximum absolute atomic E-state index is 12.0. The van der Waals surface area contributed by atoms with Crippen LogP contribution in [0.15, 0.2) is 24.3 Å². The van der Waals surface area contributed by atoms with Crippen LogP contribution in [0.25, 0.3) is 0 Å². The monoisotopic (exact) mass is 277 g/mol. The first-order valence-electron chi connectivity index (χ1n) is 7.30. The van der Waals surface area contributed by atoms with Crippen molar-refractivity contribution in [3.63, 3.8) is 0 Å². The molecule has 1 aliphatic heterocycles. The molecule has 20 heavy (non-hydrogen) atoms. The zero-order valence-corrected chi connectivity index (χ0v) is 12.0. The van der Waals surface area contributed by atoms with Crippen LogP contribution < -0.4 is 5.73 Å². The molecule has 0 radical (unpaired) electrons. The highest BCUT2D eigenvalue weighted by Gasteiger charge is 2.18. The molecule has 4 nitrogen and oxygen atoms in total. The number of benzene rings is 1. The molecule has 1 aliphatic rings. The number of nitrogens with two attached hydrogens (primary N) is 1. The van der Waals surface area contributed by atoms with Crippen molar-refractivity contribution >= 4 is 11.7 Å². The number of carbonyl (C=O) groups excluding carboxylic acids is 1. The van der Waals surface area contributed by atoms with E-state index in [2.05, 4.69) is 0 Å². The molecule has 1 fully saturated rings. The third-order valence-corrected chi connectivity index (χ3v) is 3.70. The molecule has 0 spiro atoms. The molecule has 2 unspecified atom stereocenters. The lowest BCUT2D eigenvalue weighted by Gasteiger charge is -2.13. The molecule has 2 rings (SSSR count). The van der Waals surface area contributed by atoms with Gasteiger partial charge in [0.25, 0.3) is 0 Å². The minimum Gasteiger partial charge on any atom is -0.465 e. The first kappa shape index (κ1) is 14.9. The molecule has 2 N–H and O–H groups in total. The number of carbonyl (C=O) groups is 1. The summed E-state index contributed by atoms with van der Waals surface area (Å²) < 4.78 is 10.9. The lowest BCUT2D eigenvalue weighted by atomic mass is 10.0. The van der Waals surface area contributed by atoms with Gasteiger partial charge in [-0.3, -0.25) is 4.79 Å². The molecule has 4 heteroatoms. The third kappa shape index (κ3) is 4.23. The number of anilines is 1. The summed E-state index contributed by atoms with van der Waals surface area (Å²) in [4.78, 5) is 12.0. The number of hydrogen-bond acceptors (Lipinski definition) is 4. The predicted molar refractivity (Wildman–Crippen MR) is 78.4 cm³/mol. The average molecular weight is 277 g/mol. The third-order valence-electron chi connectivity index (χ3n) is 3.70. The summed E-state index contributed by atoms with van der Waals surface area (Å²) in [6.07, 6.45) is 4.48. The summed E-state index contributed by atoms with van der Waals surface area (Å²) in [6.45, 7) is 3.18. The quantitative estimate of drug-likeness (QED) is 0.493. The van der Waals surface area contributed by atoms with Crippen LogP contribution in [0, 0.1) is 0 Å². The largest absolute Gasteiger partial charge is 0.465 e. The number of rotatable bonds is 6. The maximum atomic E-state index is 12.0. The Morgan fingerprint density at radius 3 is 3.10 bits per heavy atom. The van der Waals surface area contributed by atoms with Crippen LogP contribution in [-0.4, -0.2) is 25.3 Å². The fourth-order valence-electron chi connectivity index (χ4n) is 2.45. The highest BCUT2D eigenvalue weighted by Crippen LogP contribution is 2.20. The van der Waals surface area contributed by atoms with Gasteiger partial charge >= 0.3 is 5.97 Å². The van der Waals surface area contributed by atoms with Gasteiger partial charge < -0.3 is 15.2 Å². The summed E-state index contributed by atoms with van der Waals surface area (Å²) in [5.74, 6) is -0.468. The van der Waals surface area contributed by atoms with Gasteiger partial charge in [0, 0.05) is 12.3 Å². The topological polar surface area (TPSA) is 61.5 Å². The molecule has 1 aromatic carbocycles. The standard InChI is InChI=1S/C16H23NO3/c1-12(13-5-2-6-14(17)11-13)16(18)20-10-4-8-15-7-3-9-19-15/h2,5-6,11-12,15H,3-4,7-10,17H2,1H3. The van der Waals surface area contributed by atoms with Crippen molar-refractivity contribution in [1.29, 1.82) is 0 Å². The number of ether oxygens (including phenoxy) is 2. The molecule has 110 valence electrons. The van der Waals surface area contributed by atoms with E-state index in [0.717, 1.165) is 37.9 Å². The minimum absolute atomic E-state index is 0.192. The van der Waals surface area contributed by atoms with Crippen LogP contribution in [-0.2, 0) is 14.3 Å². The van der Waals surface area contributed by atoms with Gasteiger partial charge in [-0.1, -0.05) is 12.1 Å². The fraction of sp³-hybridized carbons (Fsp3) is 0.562. The van der Waals surface area contributed by atoms with E-state index in [9.17, 15) is 4.79 Å². The highest BCUT2D eigenvalue weighted by atomic mass is 16.5. The molecule has 0 aromatic heterocycles. The lowest BCUT2D eigenvalue weighted by molar-refractivity contribution is -0.145. The van der Waals surface area contributed by atoms with E-state index in [-0.39, 0.29) is 11.9 Å². The second kappa shape index (κ2) is 7.29. The fourth-order valence-corrected chi connectivity index (χ4v) is 2.45. The second-order valence-electron chi connectivity index (χ2n) is 5.34. The summed E-state index contributed by atoms with van der Waals surface area (Å²) in [7, 11) is 0. The second-order valence-corrected chi connectivity index (χ2v) is 5.34. The summed E-state index contributed by atoms with van der Waals surface area (Å²) in [6, 6.07) is 7.38. The van der Waals surface area contributed by atoms with Crippen LogP contribution in [0.4, 0.5) is 5.69 Å². The van der Waals surface area contributed by atoms with Gasteiger partial charge in [-0.25, -0.2) is 0 Å². The van der Waals surface area contributed by atoms with Crippen molar-refractivity contribution in [2.75, 3.05) is 18.9 Å². The van der Waals surface area contributed by atoms with Crippen LogP contribution in [0.1, 0.15) is 44.1 Å². The summed E-state index contributed by atoms with van der Waals surface area (Å²) in [5.41, 5.74) is 7.29. The van der Waals surface area contributed by atoms with Crippen LogP contribution >= 0.6 is 0 Å². The number of hydrogen-bond donors (Lipinski definition) is 1. The Bertz CT molecular complexity index is 441. The maximum Gasteiger partial charge on any atom is 0.313 e. The van der Waals surface area contributed by atoms with E-state index in [1.165, 1.54) is 0 Å². The summed E-state index contributed by atoms with van der Waals surface area (Å²) in [5, 5.41) is 0. The predicted octanol–water partition coefficient (Wildman–Crippen LogP) is 2.87. The molecule has 0 aliphatic carbocycles. The first-order chi connectivity index (χ1) is 9.66. The molecule has 0 bridgehead atoms. The van der Waals surface area contributed by atoms with Crippen molar-refractivity contribution in [3.8, 4) is 0 Å². The summed E-state index contributed by atoms with van der Waals surface area (Å²) >= 11 is 0. The molecule has 1 aromatic rings. The normalized spacial score (nSPS) is 19.8. The Kier molecular flexibility index (Phi) is 5.41. The number of nitrogen functional groups attached to an aromatic ring is 1. The highest BCUT2D eigenvalue weighted by molar-refractivity contribution is 5.78. The van der Waals surface area contributed by atoms with E-state index in [1.807, 2.05) is 31.2 Å². The molecule has 1 heterocycles. The van der Waals surface area contributed by atoms with Gasteiger partial charge in [-0.05, 0) is 50.3 Å². The molecule has 0 amide bonds. The molecule has 1 saturated heterocycles. The van der Waals surface area contributed by atoms with E-state index in [4.69, 9.17) is 15.2 Å². The van der Waals surface area contributed by atoms with Crippen molar-refractivity contribution in [2.45, 2.75) is 44.6 Å². The van der Waals surface area contributed by atoms with Crippen molar-refractivity contribution in [2.24, 2.45) is 0 Å². The zero-order chi connectivity index (χ0) is 14.4. The Morgan fingerprint density at radius 2 is 2.40 bits per heavy atom. The van der Waals surface area contributed by atoms with Crippen molar-refractivity contribution in [1.82, 2.24) is 0 Å². The van der Waals surface area contributed by atoms with Crippen molar-refractivity contribution in [3.05, 3.63) is 29.8 Å².